The van der Waals surface area contributed by atoms with Gasteiger partial charge in [-0.25, -0.2) is 13.8 Å². The van der Waals surface area contributed by atoms with E-state index in [-0.39, 0.29) is 5.82 Å². The number of hydrogen-bond donors (Lipinski definition) is 1. The number of thioether (sulfide) groups is 1. The molecule has 1 aliphatic carbocycles. The number of halogens is 2. The molecule has 0 bridgehead atoms. The van der Waals surface area contributed by atoms with Crippen molar-refractivity contribution in [2.75, 3.05) is 11.9 Å². The summed E-state index contributed by atoms with van der Waals surface area (Å²) in [5.74, 6) is -0.313. The van der Waals surface area contributed by atoms with Crippen molar-refractivity contribution >= 4 is 17.6 Å². The molecule has 1 N–H and O–H groups in total. The third kappa shape index (κ3) is 4.08. The Morgan fingerprint density at radius 2 is 2.15 bits per heavy atom. The van der Waals surface area contributed by atoms with Gasteiger partial charge in [-0.2, -0.15) is 0 Å². The number of hydrogen-bond acceptors (Lipinski definition) is 3. The minimum Gasteiger partial charge on any atom is -0.368 e. The molecule has 2 nitrogen and oxygen atoms in total. The molecular weight excluding hydrogens is 278 g/mol. The van der Waals surface area contributed by atoms with Crippen LogP contribution in [0.25, 0.3) is 0 Å². The van der Waals surface area contributed by atoms with Crippen LogP contribution in [-0.4, -0.2) is 16.8 Å². The zero-order valence-electron chi connectivity index (χ0n) is 12.1. The van der Waals surface area contributed by atoms with E-state index in [1.807, 2.05) is 6.92 Å². The molecule has 1 aliphatic rings. The van der Waals surface area contributed by atoms with Crippen LogP contribution in [0.2, 0.25) is 0 Å². The van der Waals surface area contributed by atoms with Crippen molar-refractivity contribution < 1.29 is 8.78 Å². The maximum atomic E-state index is 13.9. The quantitative estimate of drug-likeness (QED) is 0.841. The Labute approximate surface area is 123 Å². The Kier molecular flexibility index (Phi) is 5.64. The lowest BCUT2D eigenvalue weighted by molar-refractivity contribution is 0.393. The van der Waals surface area contributed by atoms with Gasteiger partial charge in [-0.05, 0) is 25.2 Å². The fourth-order valence-corrected chi connectivity index (χ4v) is 3.88. The second kappa shape index (κ2) is 7.25. The summed E-state index contributed by atoms with van der Waals surface area (Å²) in [5.41, 5.74) is 0. The van der Waals surface area contributed by atoms with Crippen molar-refractivity contribution in [2.45, 2.75) is 56.2 Å². The van der Waals surface area contributed by atoms with E-state index in [1.165, 1.54) is 24.6 Å². The summed E-state index contributed by atoms with van der Waals surface area (Å²) < 4.78 is 27.5. The summed E-state index contributed by atoms with van der Waals surface area (Å²) in [4.78, 5) is 4.13. The van der Waals surface area contributed by atoms with E-state index in [0.717, 1.165) is 25.3 Å². The molecule has 2 unspecified atom stereocenters. The van der Waals surface area contributed by atoms with Crippen LogP contribution >= 0.6 is 11.8 Å². The lowest BCUT2D eigenvalue weighted by Crippen LogP contribution is -2.15. The molecule has 1 aromatic rings. The third-order valence-electron chi connectivity index (χ3n) is 3.61. The van der Waals surface area contributed by atoms with Crippen molar-refractivity contribution in [1.29, 1.82) is 0 Å². The minimum absolute atomic E-state index is 0.166. The first-order valence-corrected chi connectivity index (χ1v) is 8.24. The number of nitrogens with zero attached hydrogens (tertiary/aromatic N) is 1. The van der Waals surface area contributed by atoms with Gasteiger partial charge in [0.25, 0.3) is 0 Å². The molecule has 1 saturated carbocycles. The molecule has 5 heteroatoms. The summed E-state index contributed by atoms with van der Waals surface area (Å²) in [7, 11) is 0. The Morgan fingerprint density at radius 3 is 2.85 bits per heavy atom. The normalized spacial score (nSPS) is 22.8. The van der Waals surface area contributed by atoms with Crippen LogP contribution in [0.15, 0.2) is 11.1 Å². The molecular formula is C15H22F2N2S. The van der Waals surface area contributed by atoms with Crippen LogP contribution in [0.4, 0.5) is 14.6 Å². The van der Waals surface area contributed by atoms with E-state index in [4.69, 9.17) is 0 Å². The van der Waals surface area contributed by atoms with Crippen molar-refractivity contribution in [3.05, 3.63) is 17.7 Å². The fraction of sp³-hybridized carbons (Fsp3) is 0.667. The molecule has 2 atom stereocenters. The van der Waals surface area contributed by atoms with Gasteiger partial charge in [-0.15, -0.1) is 0 Å². The summed E-state index contributed by atoms with van der Waals surface area (Å²) in [6, 6.07) is 0.944. The number of aromatic nitrogens is 1. The molecule has 0 saturated heterocycles. The van der Waals surface area contributed by atoms with Gasteiger partial charge in [0.2, 0.25) is 0 Å². The van der Waals surface area contributed by atoms with Gasteiger partial charge >= 0.3 is 0 Å². The highest BCUT2D eigenvalue weighted by atomic mass is 32.2. The molecule has 0 aromatic carbocycles. The molecule has 112 valence electrons. The lowest BCUT2D eigenvalue weighted by Gasteiger charge is -2.26. The van der Waals surface area contributed by atoms with Crippen LogP contribution in [-0.2, 0) is 0 Å². The van der Waals surface area contributed by atoms with Crippen molar-refractivity contribution in [2.24, 2.45) is 5.92 Å². The second-order valence-electron chi connectivity index (χ2n) is 5.54. The van der Waals surface area contributed by atoms with Crippen LogP contribution < -0.4 is 5.32 Å². The molecule has 1 fully saturated rings. The Bertz CT molecular complexity index is 454. The van der Waals surface area contributed by atoms with E-state index in [2.05, 4.69) is 17.2 Å². The summed E-state index contributed by atoms with van der Waals surface area (Å²) in [6.45, 7) is 4.86. The van der Waals surface area contributed by atoms with Gasteiger partial charge in [0.1, 0.15) is 5.03 Å². The largest absolute Gasteiger partial charge is 0.368 e. The van der Waals surface area contributed by atoms with Gasteiger partial charge < -0.3 is 5.32 Å². The maximum Gasteiger partial charge on any atom is 0.168 e. The molecule has 1 aromatic heterocycles. The number of pyridine rings is 1. The molecule has 1 heterocycles. The van der Waals surface area contributed by atoms with E-state index in [1.54, 1.807) is 0 Å². The van der Waals surface area contributed by atoms with Crippen molar-refractivity contribution in [3.63, 3.8) is 0 Å². The molecule has 0 aliphatic heterocycles. The first-order valence-electron chi connectivity index (χ1n) is 7.36. The van der Waals surface area contributed by atoms with Gasteiger partial charge in [-0.1, -0.05) is 38.5 Å². The van der Waals surface area contributed by atoms with E-state index >= 15 is 0 Å². The van der Waals surface area contributed by atoms with Crippen LogP contribution in [0, 0.1) is 17.6 Å². The zero-order valence-corrected chi connectivity index (χ0v) is 12.9. The van der Waals surface area contributed by atoms with Crippen LogP contribution in [0.3, 0.4) is 0 Å². The smallest absolute Gasteiger partial charge is 0.168 e. The highest BCUT2D eigenvalue weighted by Gasteiger charge is 2.22. The van der Waals surface area contributed by atoms with Gasteiger partial charge in [0, 0.05) is 17.9 Å². The molecule has 0 amide bonds. The topological polar surface area (TPSA) is 24.9 Å². The predicted octanol–water partition coefficient (Wildman–Crippen LogP) is 4.85. The highest BCUT2D eigenvalue weighted by Crippen LogP contribution is 2.37. The van der Waals surface area contributed by atoms with Crippen molar-refractivity contribution in [1.82, 2.24) is 4.98 Å². The average Bonchev–Trinajstić information content (AvgIpc) is 2.40. The van der Waals surface area contributed by atoms with E-state index in [9.17, 15) is 8.78 Å². The van der Waals surface area contributed by atoms with Gasteiger partial charge in [0.05, 0.1) is 0 Å². The van der Waals surface area contributed by atoms with E-state index in [0.29, 0.717) is 22.7 Å². The zero-order chi connectivity index (χ0) is 14.5. The highest BCUT2D eigenvalue weighted by molar-refractivity contribution is 7.99. The Hall–Kier alpha value is -0.840. The summed E-state index contributed by atoms with van der Waals surface area (Å²) in [6.07, 6.45) is 5.48. The van der Waals surface area contributed by atoms with Gasteiger partial charge in [0.15, 0.2) is 17.5 Å². The lowest BCUT2D eigenvalue weighted by atomic mass is 9.91. The molecule has 0 spiro atoms. The maximum absolute atomic E-state index is 13.9. The SMILES string of the molecule is CCCNc1nc(SC2CCCC(C)C2)c(F)cc1F. The van der Waals surface area contributed by atoms with Gasteiger partial charge in [-0.3, -0.25) is 0 Å². The molecule has 20 heavy (non-hydrogen) atoms. The number of anilines is 1. The summed E-state index contributed by atoms with van der Waals surface area (Å²) in [5, 5.41) is 3.63. The fourth-order valence-electron chi connectivity index (χ4n) is 2.54. The van der Waals surface area contributed by atoms with Crippen molar-refractivity contribution in [3.8, 4) is 0 Å². The number of rotatable bonds is 5. The second-order valence-corrected chi connectivity index (χ2v) is 6.83. The first kappa shape index (κ1) is 15.5. The standard InChI is InChI=1S/C15H22F2N2S/c1-3-7-18-14-12(16)9-13(17)15(19-14)20-11-6-4-5-10(2)8-11/h9-11H,3-8H2,1-2H3,(H,18,19). The Morgan fingerprint density at radius 1 is 1.35 bits per heavy atom. The summed E-state index contributed by atoms with van der Waals surface area (Å²) >= 11 is 1.46. The predicted molar refractivity (Wildman–Crippen MR) is 80.2 cm³/mol. The molecule has 2 rings (SSSR count). The Balaban J connectivity index is 2.09. The molecule has 0 radical (unpaired) electrons. The van der Waals surface area contributed by atoms with Crippen LogP contribution in [0.5, 0.6) is 0 Å². The average molecular weight is 300 g/mol. The van der Waals surface area contributed by atoms with Crippen LogP contribution in [0.1, 0.15) is 46.0 Å². The van der Waals surface area contributed by atoms with E-state index < -0.39 is 11.6 Å². The minimum atomic E-state index is -0.614. The first-order chi connectivity index (χ1) is 9.60. The monoisotopic (exact) mass is 300 g/mol. The third-order valence-corrected chi connectivity index (χ3v) is 4.88. The number of nitrogens with one attached hydrogen (secondary N) is 1.